The molecule has 0 aliphatic rings. The summed E-state index contributed by atoms with van der Waals surface area (Å²) in [4.78, 5) is 4.79. The Morgan fingerprint density at radius 2 is 1.84 bits per heavy atom. The first-order chi connectivity index (χ1) is 9.20. The molecule has 96 valence electrons. The van der Waals surface area contributed by atoms with E-state index in [-0.39, 0.29) is 0 Å². The Morgan fingerprint density at radius 1 is 1.11 bits per heavy atom. The summed E-state index contributed by atoms with van der Waals surface area (Å²) in [5.41, 5.74) is 2.06. The van der Waals surface area contributed by atoms with Gasteiger partial charge >= 0.3 is 0 Å². The molecule has 19 heavy (non-hydrogen) atoms. The third-order valence-electron chi connectivity index (χ3n) is 3.28. The van der Waals surface area contributed by atoms with Gasteiger partial charge in [0.2, 0.25) is 0 Å². The lowest BCUT2D eigenvalue weighted by atomic mass is 10.1. The van der Waals surface area contributed by atoms with Crippen LogP contribution in [0.4, 0.5) is 0 Å². The Balaban J connectivity index is 2.45. The molecule has 3 aromatic rings. The van der Waals surface area contributed by atoms with Crippen LogP contribution in [0.25, 0.3) is 21.7 Å². The van der Waals surface area contributed by atoms with Crippen LogP contribution in [0.1, 0.15) is 19.0 Å². The zero-order valence-corrected chi connectivity index (χ0v) is 12.9. The molecular weight excluding hydrogens is 322 g/mol. The fourth-order valence-electron chi connectivity index (χ4n) is 2.40. The highest BCUT2D eigenvalue weighted by Gasteiger charge is 2.10. The minimum absolute atomic E-state index is 0.778. The summed E-state index contributed by atoms with van der Waals surface area (Å²) in [6.07, 6.45) is 2.03. The number of fused-ring (bicyclic) bond motifs is 3. The van der Waals surface area contributed by atoms with E-state index >= 15 is 0 Å². The van der Waals surface area contributed by atoms with Gasteiger partial charge in [0.05, 0.1) is 10.5 Å². The molecule has 0 amide bonds. The second-order valence-corrected chi connectivity index (χ2v) is 5.91. The SMILES string of the molecule is CCCc1cc(Cl)c2cc(Br)c3ccccc3c2n1. The topological polar surface area (TPSA) is 12.9 Å². The van der Waals surface area contributed by atoms with E-state index < -0.39 is 0 Å². The number of nitrogens with zero attached hydrogens (tertiary/aromatic N) is 1. The summed E-state index contributed by atoms with van der Waals surface area (Å²) >= 11 is 10.0. The molecule has 0 saturated carbocycles. The lowest BCUT2D eigenvalue weighted by Crippen LogP contribution is -1.92. The summed E-state index contributed by atoms with van der Waals surface area (Å²) in [6.45, 7) is 2.15. The fourth-order valence-corrected chi connectivity index (χ4v) is 3.25. The van der Waals surface area contributed by atoms with E-state index in [9.17, 15) is 0 Å². The first-order valence-electron chi connectivity index (χ1n) is 6.37. The van der Waals surface area contributed by atoms with E-state index in [1.54, 1.807) is 0 Å². The van der Waals surface area contributed by atoms with Gasteiger partial charge in [0.25, 0.3) is 0 Å². The average molecular weight is 335 g/mol. The highest BCUT2D eigenvalue weighted by atomic mass is 79.9. The van der Waals surface area contributed by atoms with Crippen LogP contribution in [-0.4, -0.2) is 4.98 Å². The minimum Gasteiger partial charge on any atom is -0.252 e. The van der Waals surface area contributed by atoms with Crippen molar-refractivity contribution in [2.75, 3.05) is 0 Å². The number of halogens is 2. The van der Waals surface area contributed by atoms with Crippen LogP contribution in [0.3, 0.4) is 0 Å². The van der Waals surface area contributed by atoms with Gasteiger partial charge in [-0.2, -0.15) is 0 Å². The molecule has 0 aliphatic heterocycles. The molecule has 0 spiro atoms. The van der Waals surface area contributed by atoms with Crippen LogP contribution in [0.2, 0.25) is 5.02 Å². The average Bonchev–Trinajstić information content (AvgIpc) is 2.41. The van der Waals surface area contributed by atoms with Crippen molar-refractivity contribution in [1.82, 2.24) is 4.98 Å². The summed E-state index contributed by atoms with van der Waals surface area (Å²) in [7, 11) is 0. The summed E-state index contributed by atoms with van der Waals surface area (Å²) in [5, 5.41) is 4.10. The first-order valence-corrected chi connectivity index (χ1v) is 7.54. The van der Waals surface area contributed by atoms with Crippen molar-refractivity contribution >= 4 is 49.2 Å². The molecule has 0 aliphatic carbocycles. The largest absolute Gasteiger partial charge is 0.252 e. The van der Waals surface area contributed by atoms with E-state index in [1.165, 1.54) is 5.39 Å². The van der Waals surface area contributed by atoms with Crippen molar-refractivity contribution in [1.29, 1.82) is 0 Å². The van der Waals surface area contributed by atoms with Crippen LogP contribution in [0.5, 0.6) is 0 Å². The quantitative estimate of drug-likeness (QED) is 0.543. The van der Waals surface area contributed by atoms with Crippen molar-refractivity contribution in [3.8, 4) is 0 Å². The molecule has 0 bridgehead atoms. The summed E-state index contributed by atoms with van der Waals surface area (Å²) < 4.78 is 1.06. The molecule has 1 nitrogen and oxygen atoms in total. The Bertz CT molecular complexity index is 767. The third-order valence-corrected chi connectivity index (χ3v) is 4.25. The second kappa shape index (κ2) is 5.10. The normalized spacial score (nSPS) is 11.3. The number of benzene rings is 2. The predicted molar refractivity (Wildman–Crippen MR) is 86.0 cm³/mol. The van der Waals surface area contributed by atoms with E-state index in [1.807, 2.05) is 18.2 Å². The zero-order valence-electron chi connectivity index (χ0n) is 10.6. The molecule has 1 heterocycles. The fraction of sp³-hybridized carbons (Fsp3) is 0.188. The van der Waals surface area contributed by atoms with Crippen LogP contribution in [0.15, 0.2) is 40.9 Å². The molecule has 2 aromatic carbocycles. The summed E-state index contributed by atoms with van der Waals surface area (Å²) in [6, 6.07) is 12.3. The van der Waals surface area contributed by atoms with Gasteiger partial charge in [-0.25, -0.2) is 0 Å². The number of hydrogen-bond acceptors (Lipinski definition) is 1. The minimum atomic E-state index is 0.778. The highest BCUT2D eigenvalue weighted by molar-refractivity contribution is 9.10. The Hall–Kier alpha value is -1.12. The van der Waals surface area contributed by atoms with E-state index in [0.717, 1.165) is 44.3 Å². The molecule has 0 N–H and O–H groups in total. The van der Waals surface area contributed by atoms with Crippen molar-refractivity contribution in [3.63, 3.8) is 0 Å². The molecule has 0 fully saturated rings. The Kier molecular flexibility index (Phi) is 3.46. The number of aryl methyl sites for hydroxylation is 1. The van der Waals surface area contributed by atoms with E-state index in [4.69, 9.17) is 16.6 Å². The molecular formula is C16H13BrClN. The molecule has 0 unspecified atom stereocenters. The maximum absolute atomic E-state index is 6.41. The van der Waals surface area contributed by atoms with Crippen molar-refractivity contribution in [2.24, 2.45) is 0 Å². The Labute approximate surface area is 125 Å². The van der Waals surface area contributed by atoms with Crippen molar-refractivity contribution < 1.29 is 0 Å². The van der Waals surface area contributed by atoms with Crippen LogP contribution in [-0.2, 0) is 6.42 Å². The molecule has 0 radical (unpaired) electrons. The monoisotopic (exact) mass is 333 g/mol. The summed E-state index contributed by atoms with van der Waals surface area (Å²) in [5.74, 6) is 0. The third kappa shape index (κ3) is 2.24. The molecule has 1 aromatic heterocycles. The molecule has 3 rings (SSSR count). The molecule has 0 saturated heterocycles. The van der Waals surface area contributed by atoms with Gasteiger partial charge in [-0.1, -0.05) is 65.1 Å². The molecule has 0 atom stereocenters. The zero-order chi connectivity index (χ0) is 13.4. The van der Waals surface area contributed by atoms with Crippen molar-refractivity contribution in [2.45, 2.75) is 19.8 Å². The maximum Gasteiger partial charge on any atom is 0.0799 e. The van der Waals surface area contributed by atoms with Gasteiger partial charge in [-0.15, -0.1) is 0 Å². The number of pyridine rings is 1. The van der Waals surface area contributed by atoms with Crippen LogP contribution < -0.4 is 0 Å². The molecule has 3 heteroatoms. The lowest BCUT2D eigenvalue weighted by molar-refractivity contribution is 0.890. The second-order valence-electron chi connectivity index (χ2n) is 4.65. The van der Waals surface area contributed by atoms with E-state index in [2.05, 4.69) is 41.1 Å². The van der Waals surface area contributed by atoms with Crippen molar-refractivity contribution in [3.05, 3.63) is 51.6 Å². The Morgan fingerprint density at radius 3 is 2.58 bits per heavy atom. The van der Waals surface area contributed by atoms with Gasteiger partial charge in [0, 0.05) is 20.9 Å². The van der Waals surface area contributed by atoms with Crippen LogP contribution in [0, 0.1) is 0 Å². The number of aromatic nitrogens is 1. The smallest absolute Gasteiger partial charge is 0.0799 e. The van der Waals surface area contributed by atoms with Gasteiger partial charge in [-0.3, -0.25) is 4.98 Å². The number of rotatable bonds is 2. The maximum atomic E-state index is 6.41. The van der Waals surface area contributed by atoms with Gasteiger partial charge < -0.3 is 0 Å². The van der Waals surface area contributed by atoms with Gasteiger partial charge in [0.1, 0.15) is 0 Å². The predicted octanol–water partition coefficient (Wildman–Crippen LogP) is 5.76. The van der Waals surface area contributed by atoms with Crippen LogP contribution >= 0.6 is 27.5 Å². The lowest BCUT2D eigenvalue weighted by Gasteiger charge is -2.09. The standard InChI is InChI=1S/C16H13BrClN/c1-2-5-10-8-15(18)13-9-14(17)11-6-3-4-7-12(11)16(13)19-10/h3-4,6-9H,2,5H2,1H3. The van der Waals surface area contributed by atoms with Gasteiger partial charge in [-0.05, 0) is 23.9 Å². The van der Waals surface area contributed by atoms with E-state index in [0.29, 0.717) is 0 Å². The first kappa shape index (κ1) is 12.9. The van der Waals surface area contributed by atoms with Gasteiger partial charge in [0.15, 0.2) is 0 Å². The number of hydrogen-bond donors (Lipinski definition) is 0. The highest BCUT2D eigenvalue weighted by Crippen LogP contribution is 2.34.